The van der Waals surface area contributed by atoms with Crippen molar-refractivity contribution in [2.45, 2.75) is 0 Å². The van der Waals surface area contributed by atoms with Crippen molar-refractivity contribution in [3.63, 3.8) is 0 Å². The average Bonchev–Trinajstić information content (AvgIpc) is 2.94. The van der Waals surface area contributed by atoms with E-state index in [-0.39, 0.29) is 28.4 Å². The molecule has 4 rings (SSSR count). The van der Waals surface area contributed by atoms with Gasteiger partial charge in [0.2, 0.25) is 0 Å². The molecule has 0 fully saturated rings. The molecule has 0 spiro atoms. The number of esters is 2. The van der Waals surface area contributed by atoms with Crippen molar-refractivity contribution in [2.24, 2.45) is 0 Å². The molecule has 0 aliphatic rings. The summed E-state index contributed by atoms with van der Waals surface area (Å²) >= 11 is 0. The molecule has 13 heteroatoms. The number of carbonyl (C=O) groups excluding carboxylic acids is 2. The van der Waals surface area contributed by atoms with E-state index in [4.69, 9.17) is 14.2 Å². The van der Waals surface area contributed by atoms with Crippen molar-refractivity contribution in [2.75, 3.05) is 0 Å². The minimum absolute atomic E-state index is 0.0140. The molecule has 3 N–H and O–H groups in total. The monoisotopic (exact) mass is 559 g/mol. The van der Waals surface area contributed by atoms with E-state index in [1.807, 2.05) is 0 Å². The van der Waals surface area contributed by atoms with E-state index in [1.165, 1.54) is 48.5 Å². The summed E-state index contributed by atoms with van der Waals surface area (Å²) in [5.74, 6) is -4.50. The van der Waals surface area contributed by atoms with Crippen LogP contribution in [0.4, 0.5) is 5.69 Å². The summed E-state index contributed by atoms with van der Waals surface area (Å²) in [6.07, 6.45) is 0. The molecule has 13 nitrogen and oxygen atoms in total. The third-order valence-corrected chi connectivity index (χ3v) is 5.42. The third-order valence-electron chi connectivity index (χ3n) is 5.42. The van der Waals surface area contributed by atoms with Gasteiger partial charge in [-0.25, -0.2) is 19.2 Å². The molecule has 0 unspecified atom stereocenters. The Labute approximate surface area is 229 Å². The second-order valence-corrected chi connectivity index (χ2v) is 8.15. The van der Waals surface area contributed by atoms with Gasteiger partial charge in [0.25, 0.3) is 5.69 Å². The van der Waals surface area contributed by atoms with Crippen molar-refractivity contribution in [3.8, 4) is 28.7 Å². The summed E-state index contributed by atoms with van der Waals surface area (Å²) in [6.45, 7) is 0. The molecule has 0 aliphatic carbocycles. The van der Waals surface area contributed by atoms with Gasteiger partial charge in [0.1, 0.15) is 28.7 Å². The molecular weight excluding hydrogens is 542 g/mol. The van der Waals surface area contributed by atoms with Gasteiger partial charge in [0, 0.05) is 12.1 Å². The van der Waals surface area contributed by atoms with Crippen LogP contribution in [0.5, 0.6) is 28.7 Å². The van der Waals surface area contributed by atoms with E-state index in [1.54, 1.807) is 0 Å². The molecule has 0 aliphatic heterocycles. The number of carboxylic acids is 2. The van der Waals surface area contributed by atoms with Crippen LogP contribution < -0.4 is 14.2 Å². The first kappa shape index (κ1) is 27.8. The number of ether oxygens (including phenoxy) is 3. The first-order chi connectivity index (χ1) is 19.5. The molecule has 0 radical (unpaired) electrons. The Hall–Kier alpha value is -6.24. The number of aromatic carboxylic acids is 2. The Kier molecular flexibility index (Phi) is 7.90. The van der Waals surface area contributed by atoms with Crippen molar-refractivity contribution in [1.29, 1.82) is 0 Å². The van der Waals surface area contributed by atoms with Gasteiger partial charge in [0.15, 0.2) is 0 Å². The van der Waals surface area contributed by atoms with Crippen LogP contribution in [0.1, 0.15) is 41.4 Å². The highest BCUT2D eigenvalue weighted by Crippen LogP contribution is 2.28. The van der Waals surface area contributed by atoms with E-state index in [2.05, 4.69) is 0 Å². The van der Waals surface area contributed by atoms with E-state index in [0.717, 1.165) is 36.4 Å². The molecule has 0 bridgehead atoms. The predicted molar refractivity (Wildman–Crippen MR) is 138 cm³/mol. The number of benzene rings is 4. The molecule has 4 aromatic carbocycles. The van der Waals surface area contributed by atoms with Crippen LogP contribution in [0, 0.1) is 10.1 Å². The Morgan fingerprint density at radius 2 is 1.00 bits per heavy atom. The number of phenols is 1. The van der Waals surface area contributed by atoms with Gasteiger partial charge in [-0.2, -0.15) is 0 Å². The van der Waals surface area contributed by atoms with Gasteiger partial charge in [-0.3, -0.25) is 10.1 Å². The van der Waals surface area contributed by atoms with Crippen LogP contribution in [-0.2, 0) is 0 Å². The fourth-order valence-electron chi connectivity index (χ4n) is 3.50. The number of hydrogen-bond donors (Lipinski definition) is 3. The number of non-ortho nitro benzene ring substituents is 1. The van der Waals surface area contributed by atoms with Gasteiger partial charge < -0.3 is 29.5 Å². The summed E-state index contributed by atoms with van der Waals surface area (Å²) in [6, 6.07) is 17.2. The zero-order valence-corrected chi connectivity index (χ0v) is 20.5. The van der Waals surface area contributed by atoms with E-state index in [9.17, 15) is 44.6 Å². The maximum absolute atomic E-state index is 12.5. The number of nitro benzene ring substituents is 1. The zero-order chi connectivity index (χ0) is 29.7. The number of hydrogen-bond acceptors (Lipinski definition) is 10. The lowest BCUT2D eigenvalue weighted by molar-refractivity contribution is -0.384. The third kappa shape index (κ3) is 6.61. The van der Waals surface area contributed by atoms with Crippen LogP contribution >= 0.6 is 0 Å². The number of carboxylic acid groups (broad SMARTS) is 2. The van der Waals surface area contributed by atoms with E-state index < -0.39 is 45.6 Å². The number of nitrogens with zero attached hydrogens (tertiary/aromatic N) is 1. The predicted octanol–water partition coefficient (Wildman–Crippen LogP) is 4.93. The summed E-state index contributed by atoms with van der Waals surface area (Å²) in [7, 11) is 0. The Morgan fingerprint density at radius 1 is 0.585 bits per heavy atom. The number of nitro groups is 1. The molecule has 41 heavy (non-hydrogen) atoms. The van der Waals surface area contributed by atoms with Gasteiger partial charge >= 0.3 is 23.9 Å². The molecule has 0 aromatic heterocycles. The minimum Gasteiger partial charge on any atom is -0.508 e. The highest BCUT2D eigenvalue weighted by Gasteiger charge is 2.23. The molecular formula is C28H17NO12. The van der Waals surface area contributed by atoms with Gasteiger partial charge in [-0.15, -0.1) is 0 Å². The van der Waals surface area contributed by atoms with Gasteiger partial charge in [-0.1, -0.05) is 0 Å². The van der Waals surface area contributed by atoms with Crippen molar-refractivity contribution in [1.82, 2.24) is 0 Å². The lowest BCUT2D eigenvalue weighted by Crippen LogP contribution is -2.14. The summed E-state index contributed by atoms with van der Waals surface area (Å²) in [5, 5.41) is 39.1. The van der Waals surface area contributed by atoms with Crippen LogP contribution in [0.15, 0.2) is 84.9 Å². The Morgan fingerprint density at radius 3 is 1.44 bits per heavy atom. The maximum atomic E-state index is 12.5. The fraction of sp³-hybridized carbons (Fsp3) is 0. The first-order valence-electron chi connectivity index (χ1n) is 11.4. The van der Waals surface area contributed by atoms with Crippen LogP contribution in [0.2, 0.25) is 0 Å². The smallest absolute Gasteiger partial charge is 0.344 e. The first-order valence-corrected chi connectivity index (χ1v) is 11.4. The second kappa shape index (κ2) is 11.7. The van der Waals surface area contributed by atoms with E-state index in [0.29, 0.717) is 11.5 Å². The van der Waals surface area contributed by atoms with E-state index >= 15 is 0 Å². The standard InChI is InChI=1S/C28H17NO12/c30-16-2-12-22(26(33)34)24(14-16)28(36)41-20-9-5-18(6-10-20)39-17-3-7-19(8-4-17)40-27(35)23-13-15(29(37)38)1-11-21(23)25(31)32/h1-14,30H,(H,31,32)(H,33,34). The number of phenolic OH excluding ortho intramolecular Hbond substituents is 1. The second-order valence-electron chi connectivity index (χ2n) is 8.15. The van der Waals surface area contributed by atoms with Crippen molar-refractivity contribution >= 4 is 29.6 Å². The van der Waals surface area contributed by atoms with Crippen molar-refractivity contribution < 1.29 is 53.6 Å². The lowest BCUT2D eigenvalue weighted by atomic mass is 10.1. The van der Waals surface area contributed by atoms with Crippen LogP contribution in [-0.4, -0.2) is 44.1 Å². The Balaban J connectivity index is 1.41. The zero-order valence-electron chi connectivity index (χ0n) is 20.5. The summed E-state index contributed by atoms with van der Waals surface area (Å²) in [5.41, 5.74) is -2.09. The quantitative estimate of drug-likeness (QED) is 0.108. The average molecular weight is 559 g/mol. The van der Waals surface area contributed by atoms with Gasteiger partial charge in [0.05, 0.1) is 27.2 Å². The topological polar surface area (TPSA) is 200 Å². The highest BCUT2D eigenvalue weighted by atomic mass is 16.6. The Bertz CT molecular complexity index is 1680. The largest absolute Gasteiger partial charge is 0.508 e. The van der Waals surface area contributed by atoms with Crippen LogP contribution in [0.3, 0.4) is 0 Å². The molecule has 4 aromatic rings. The van der Waals surface area contributed by atoms with Gasteiger partial charge in [-0.05, 0) is 72.8 Å². The number of rotatable bonds is 9. The fourth-order valence-corrected chi connectivity index (χ4v) is 3.50. The van der Waals surface area contributed by atoms with Crippen LogP contribution in [0.25, 0.3) is 0 Å². The normalized spacial score (nSPS) is 10.3. The highest BCUT2D eigenvalue weighted by molar-refractivity contribution is 6.04. The SMILES string of the molecule is O=C(O)c1ccc(O)cc1C(=O)Oc1ccc(Oc2ccc(OC(=O)c3cc([N+](=O)[O-])ccc3C(=O)O)cc2)cc1. The molecule has 0 amide bonds. The molecule has 0 saturated heterocycles. The lowest BCUT2D eigenvalue weighted by Gasteiger charge is -2.10. The molecule has 0 saturated carbocycles. The summed E-state index contributed by atoms with van der Waals surface area (Å²) in [4.78, 5) is 58.0. The van der Waals surface area contributed by atoms with Crippen molar-refractivity contribution in [3.05, 3.63) is 117 Å². The number of carbonyl (C=O) groups is 4. The summed E-state index contributed by atoms with van der Waals surface area (Å²) < 4.78 is 16.0. The maximum Gasteiger partial charge on any atom is 0.344 e. The molecule has 206 valence electrons. The minimum atomic E-state index is -1.46. The molecule has 0 atom stereocenters. The molecule has 0 heterocycles. The number of aromatic hydroxyl groups is 1.